The molecule has 2 heterocycles. The van der Waals surface area contributed by atoms with Gasteiger partial charge in [0.25, 0.3) is 0 Å². The minimum absolute atomic E-state index is 0.0489. The van der Waals surface area contributed by atoms with Gasteiger partial charge in [-0.1, -0.05) is 24.3 Å². The molecule has 3 fully saturated rings. The third-order valence-corrected chi connectivity index (χ3v) is 11.7. The monoisotopic (exact) mass is 628 g/mol. The van der Waals surface area contributed by atoms with E-state index in [0.29, 0.717) is 50.2 Å². The molecule has 2 aromatic rings. The van der Waals surface area contributed by atoms with Crippen molar-refractivity contribution in [3.8, 4) is 0 Å². The normalized spacial score (nSPS) is 28.4. The van der Waals surface area contributed by atoms with Crippen molar-refractivity contribution in [1.82, 2.24) is 8.61 Å². The van der Waals surface area contributed by atoms with Crippen molar-refractivity contribution < 1.29 is 31.1 Å². The number of ether oxygens (including phenoxy) is 2. The molecule has 2 aliphatic heterocycles. The summed E-state index contributed by atoms with van der Waals surface area (Å²) in [4.78, 5) is 13.8. The zero-order valence-electron chi connectivity index (χ0n) is 25.1. The van der Waals surface area contributed by atoms with Gasteiger partial charge in [0.15, 0.2) is 5.78 Å². The fraction of sp³-hybridized carbons (Fsp3) is 0.469. The summed E-state index contributed by atoms with van der Waals surface area (Å²) in [5.41, 5.74) is 2.85. The second kappa shape index (κ2) is 12.7. The zero-order chi connectivity index (χ0) is 30.9. The van der Waals surface area contributed by atoms with E-state index in [-0.39, 0.29) is 40.0 Å². The number of carbonyl (C=O) groups excluding carboxylic acids is 1. The Hall–Kier alpha value is -2.67. The highest BCUT2D eigenvalue weighted by atomic mass is 32.2. The average molecular weight is 629 g/mol. The summed E-state index contributed by atoms with van der Waals surface area (Å²) in [6.07, 6.45) is 5.04. The van der Waals surface area contributed by atoms with Gasteiger partial charge in [-0.2, -0.15) is 8.61 Å². The van der Waals surface area contributed by atoms with Gasteiger partial charge in [-0.25, -0.2) is 16.8 Å². The van der Waals surface area contributed by atoms with Gasteiger partial charge in [-0.05, 0) is 94.5 Å². The number of rotatable bonds is 6. The number of allylic oxidation sites excluding steroid dienone is 2. The van der Waals surface area contributed by atoms with E-state index in [9.17, 15) is 21.6 Å². The molecular formula is C32H40N2O7S2. The molecule has 3 aliphatic rings. The number of benzene rings is 2. The van der Waals surface area contributed by atoms with Gasteiger partial charge in [0.1, 0.15) is 0 Å². The molecule has 11 heteroatoms. The molecule has 0 radical (unpaired) electrons. The van der Waals surface area contributed by atoms with Gasteiger partial charge in [-0.3, -0.25) is 4.79 Å². The molecule has 2 saturated heterocycles. The Morgan fingerprint density at radius 2 is 0.930 bits per heavy atom. The van der Waals surface area contributed by atoms with Crippen LogP contribution in [0.4, 0.5) is 0 Å². The van der Waals surface area contributed by atoms with Gasteiger partial charge in [0.2, 0.25) is 20.0 Å². The van der Waals surface area contributed by atoms with Crippen LogP contribution in [0.15, 0.2) is 69.5 Å². The van der Waals surface area contributed by atoms with E-state index in [1.165, 1.54) is 8.61 Å². The summed E-state index contributed by atoms with van der Waals surface area (Å²) in [5.74, 6) is -0.0489. The van der Waals surface area contributed by atoms with Crippen LogP contribution < -0.4 is 0 Å². The van der Waals surface area contributed by atoms with Crippen LogP contribution in [-0.2, 0) is 34.3 Å². The fourth-order valence-corrected chi connectivity index (χ4v) is 9.19. The van der Waals surface area contributed by atoms with Crippen LogP contribution in [0.5, 0.6) is 0 Å². The van der Waals surface area contributed by atoms with Crippen molar-refractivity contribution in [2.45, 2.75) is 81.2 Å². The van der Waals surface area contributed by atoms with Gasteiger partial charge >= 0.3 is 0 Å². The quantitative estimate of drug-likeness (QED) is 0.433. The number of nitrogens with zero attached hydrogens (tertiary/aromatic N) is 2. The van der Waals surface area contributed by atoms with E-state index in [1.807, 2.05) is 39.8 Å². The van der Waals surface area contributed by atoms with Crippen LogP contribution >= 0.6 is 0 Å². The first kappa shape index (κ1) is 31.7. The maximum Gasteiger partial charge on any atom is 0.243 e. The fourth-order valence-electron chi connectivity index (χ4n) is 6.00. The van der Waals surface area contributed by atoms with Crippen molar-refractivity contribution >= 4 is 38.0 Å². The molecule has 0 N–H and O–H groups in total. The Morgan fingerprint density at radius 3 is 1.26 bits per heavy atom. The molecular weight excluding hydrogens is 588 g/mol. The van der Waals surface area contributed by atoms with E-state index in [4.69, 9.17) is 9.47 Å². The molecule has 0 unspecified atom stereocenters. The van der Waals surface area contributed by atoms with Crippen molar-refractivity contribution in [3.05, 3.63) is 70.8 Å². The summed E-state index contributed by atoms with van der Waals surface area (Å²) in [5, 5.41) is 0. The molecule has 0 bridgehead atoms. The van der Waals surface area contributed by atoms with Crippen LogP contribution in [0, 0.1) is 0 Å². The molecule has 0 aromatic heterocycles. The third kappa shape index (κ3) is 7.19. The van der Waals surface area contributed by atoms with Crippen LogP contribution in [-0.4, -0.2) is 81.8 Å². The first-order valence-corrected chi connectivity index (χ1v) is 17.7. The molecule has 2 aromatic carbocycles. The Balaban J connectivity index is 1.29. The largest absolute Gasteiger partial charge is 0.373 e. The first-order valence-electron chi connectivity index (χ1n) is 14.8. The molecule has 0 spiro atoms. The van der Waals surface area contributed by atoms with Gasteiger partial charge in [0, 0.05) is 37.3 Å². The summed E-state index contributed by atoms with van der Waals surface area (Å²) < 4.78 is 67.0. The van der Waals surface area contributed by atoms with E-state index >= 15 is 0 Å². The van der Waals surface area contributed by atoms with Crippen LogP contribution in [0.3, 0.4) is 0 Å². The maximum atomic E-state index is 13.4. The van der Waals surface area contributed by atoms with Crippen molar-refractivity contribution in [2.75, 3.05) is 26.2 Å². The number of sulfonamides is 2. The van der Waals surface area contributed by atoms with Gasteiger partial charge in [-0.15, -0.1) is 0 Å². The van der Waals surface area contributed by atoms with E-state index in [1.54, 1.807) is 48.5 Å². The van der Waals surface area contributed by atoms with Gasteiger partial charge < -0.3 is 9.47 Å². The second-order valence-electron chi connectivity index (χ2n) is 11.8. The van der Waals surface area contributed by atoms with E-state index in [0.717, 1.165) is 17.5 Å². The Kier molecular flexibility index (Phi) is 9.41. The van der Waals surface area contributed by atoms with E-state index < -0.39 is 20.0 Å². The molecule has 9 nitrogen and oxygen atoms in total. The molecule has 1 saturated carbocycles. The number of ketones is 1. The smallest absolute Gasteiger partial charge is 0.243 e. The summed E-state index contributed by atoms with van der Waals surface area (Å²) >= 11 is 0. The molecule has 1 aliphatic carbocycles. The molecule has 0 amide bonds. The predicted octanol–water partition coefficient (Wildman–Crippen LogP) is 4.50. The number of morpholine rings is 2. The van der Waals surface area contributed by atoms with Crippen LogP contribution in [0.2, 0.25) is 0 Å². The standard InChI is InChI=1S/C32H40N2O7S2/c1-22-18-33(19-23(2)40-22)42(36,37)30-12-8-26(9-13-30)16-28-6-5-7-29(32(28)35)17-27-10-14-31(15-11-27)43(38,39)34-20-24(3)41-25(4)21-34/h8-17,22-25H,5-7,18-21H2,1-4H3/b28-16+,29-17+/t22-,23+,24-,25+. The predicted molar refractivity (Wildman–Crippen MR) is 165 cm³/mol. The topological polar surface area (TPSA) is 110 Å². The highest BCUT2D eigenvalue weighted by Crippen LogP contribution is 2.29. The molecule has 232 valence electrons. The van der Waals surface area contributed by atoms with Crippen molar-refractivity contribution in [3.63, 3.8) is 0 Å². The van der Waals surface area contributed by atoms with Crippen molar-refractivity contribution in [1.29, 1.82) is 0 Å². The van der Waals surface area contributed by atoms with Crippen LogP contribution in [0.25, 0.3) is 12.2 Å². The highest BCUT2D eigenvalue weighted by Gasteiger charge is 2.33. The Morgan fingerprint density at radius 1 is 0.605 bits per heavy atom. The zero-order valence-corrected chi connectivity index (χ0v) is 26.7. The lowest BCUT2D eigenvalue weighted by Gasteiger charge is -2.34. The third-order valence-electron chi connectivity index (χ3n) is 7.97. The summed E-state index contributed by atoms with van der Waals surface area (Å²) in [7, 11) is -7.29. The number of Topliss-reactive ketones (excluding diaryl/α,β-unsaturated/α-hetero) is 1. The highest BCUT2D eigenvalue weighted by molar-refractivity contribution is 7.89. The minimum atomic E-state index is -3.65. The molecule has 43 heavy (non-hydrogen) atoms. The van der Waals surface area contributed by atoms with Crippen LogP contribution in [0.1, 0.15) is 58.1 Å². The second-order valence-corrected chi connectivity index (χ2v) is 15.7. The first-order chi connectivity index (χ1) is 20.3. The molecule has 5 rings (SSSR count). The van der Waals surface area contributed by atoms with Crippen molar-refractivity contribution in [2.24, 2.45) is 0 Å². The Bertz CT molecular complexity index is 1470. The lowest BCUT2D eigenvalue weighted by atomic mass is 9.87. The number of carbonyl (C=O) groups is 1. The maximum absolute atomic E-state index is 13.4. The van der Waals surface area contributed by atoms with E-state index in [2.05, 4.69) is 0 Å². The number of hydrogen-bond acceptors (Lipinski definition) is 7. The average Bonchev–Trinajstić information content (AvgIpc) is 2.95. The van der Waals surface area contributed by atoms with Gasteiger partial charge in [0.05, 0.1) is 34.2 Å². The lowest BCUT2D eigenvalue weighted by Crippen LogP contribution is -2.48. The number of hydrogen-bond donors (Lipinski definition) is 0. The Labute approximate surface area is 255 Å². The summed E-state index contributed by atoms with van der Waals surface area (Å²) in [6, 6.07) is 13.3. The summed E-state index contributed by atoms with van der Waals surface area (Å²) in [6.45, 7) is 8.71. The lowest BCUT2D eigenvalue weighted by molar-refractivity contribution is -0.112. The SMILES string of the molecule is C[C@@H]1CN(S(=O)(=O)c2ccc(/C=C3\CCC/C(=C\c4ccc(S(=O)(=O)N5C[C@@H](C)O[C@@H](C)C5)cc4)C3=O)cc2)C[C@H](C)O1. The minimum Gasteiger partial charge on any atom is -0.373 e. The molecule has 4 atom stereocenters.